The highest BCUT2D eigenvalue weighted by Gasteiger charge is 2.20. The highest BCUT2D eigenvalue weighted by atomic mass is 32.2. The summed E-state index contributed by atoms with van der Waals surface area (Å²) in [7, 11) is -0.604. The molecule has 1 aromatic heterocycles. The maximum absolute atomic E-state index is 12.4. The molecule has 0 spiro atoms. The molecule has 7 nitrogen and oxygen atoms in total. The van der Waals surface area contributed by atoms with Crippen molar-refractivity contribution < 1.29 is 13.2 Å². The van der Waals surface area contributed by atoms with Crippen LogP contribution < -0.4 is 10.6 Å². The van der Waals surface area contributed by atoms with Gasteiger partial charge < -0.3 is 10.6 Å². The van der Waals surface area contributed by atoms with Crippen LogP contribution in [0.25, 0.3) is 10.2 Å². The van der Waals surface area contributed by atoms with Crippen molar-refractivity contribution >= 4 is 43.2 Å². The molecular weight excluding hydrogens is 396 g/mol. The molecule has 148 valence electrons. The number of amides is 1. The van der Waals surface area contributed by atoms with Crippen molar-refractivity contribution in [2.45, 2.75) is 18.4 Å². The molecule has 3 aromatic rings. The van der Waals surface area contributed by atoms with E-state index >= 15 is 0 Å². The van der Waals surface area contributed by atoms with Crippen LogP contribution in [0.5, 0.6) is 0 Å². The van der Waals surface area contributed by atoms with E-state index in [4.69, 9.17) is 0 Å². The van der Waals surface area contributed by atoms with Crippen LogP contribution in [0.15, 0.2) is 47.4 Å². The Morgan fingerprint density at radius 3 is 2.68 bits per heavy atom. The molecular formula is C19H22N4O3S2. The number of nitrogens with one attached hydrogen (secondary N) is 2. The van der Waals surface area contributed by atoms with Gasteiger partial charge in [0, 0.05) is 26.3 Å². The van der Waals surface area contributed by atoms with Crippen LogP contribution in [0.2, 0.25) is 0 Å². The lowest BCUT2D eigenvalue weighted by atomic mass is 10.2. The first-order chi connectivity index (χ1) is 13.3. The molecule has 0 saturated carbocycles. The second kappa shape index (κ2) is 8.26. The van der Waals surface area contributed by atoms with Crippen molar-refractivity contribution in [1.82, 2.24) is 14.6 Å². The van der Waals surface area contributed by atoms with Gasteiger partial charge in [-0.2, -0.15) is 0 Å². The van der Waals surface area contributed by atoms with Crippen molar-refractivity contribution in [2.75, 3.05) is 26.0 Å². The van der Waals surface area contributed by atoms with Gasteiger partial charge in [0.2, 0.25) is 15.9 Å². The molecule has 0 aliphatic heterocycles. The minimum Gasteiger partial charge on any atom is -0.376 e. The second-order valence-corrected chi connectivity index (χ2v) is 9.80. The number of hydrogen-bond donors (Lipinski definition) is 2. The molecule has 0 atom stereocenters. The number of carbonyl (C=O) groups is 1. The minimum atomic E-state index is -3.57. The minimum absolute atomic E-state index is 0.0892. The molecule has 0 saturated heterocycles. The monoisotopic (exact) mass is 418 g/mol. The predicted octanol–water partition coefficient (Wildman–Crippen LogP) is 2.58. The lowest BCUT2D eigenvalue weighted by Gasteiger charge is -2.15. The molecule has 0 aliphatic carbocycles. The number of sulfonamides is 1. The molecule has 0 fully saturated rings. The number of fused-ring (bicyclic) bond motifs is 1. The van der Waals surface area contributed by atoms with Crippen LogP contribution in [0.4, 0.5) is 5.69 Å². The first-order valence-electron chi connectivity index (χ1n) is 8.65. The summed E-state index contributed by atoms with van der Waals surface area (Å²) < 4.78 is 27.0. The van der Waals surface area contributed by atoms with E-state index < -0.39 is 10.0 Å². The molecule has 2 N–H and O–H groups in total. The number of thiazole rings is 1. The summed E-state index contributed by atoms with van der Waals surface area (Å²) in [6.45, 7) is 2.18. The SMILES string of the molecule is Cc1nc2ccc(NCC(=O)NCc3ccccc3S(=O)(=O)N(C)C)cc2s1. The van der Waals surface area contributed by atoms with Gasteiger partial charge in [0.15, 0.2) is 0 Å². The molecule has 28 heavy (non-hydrogen) atoms. The topological polar surface area (TPSA) is 91.4 Å². The molecule has 0 unspecified atom stereocenters. The highest BCUT2D eigenvalue weighted by molar-refractivity contribution is 7.89. The Morgan fingerprint density at radius 2 is 1.93 bits per heavy atom. The van der Waals surface area contributed by atoms with Gasteiger partial charge in [0.05, 0.1) is 26.7 Å². The Kier molecular flexibility index (Phi) is 5.97. The number of aromatic nitrogens is 1. The van der Waals surface area contributed by atoms with E-state index in [2.05, 4.69) is 15.6 Å². The fraction of sp³-hybridized carbons (Fsp3) is 0.263. The zero-order valence-electron chi connectivity index (χ0n) is 15.9. The zero-order valence-corrected chi connectivity index (χ0v) is 17.5. The van der Waals surface area contributed by atoms with Crippen LogP contribution in [-0.4, -0.2) is 44.3 Å². The number of carbonyl (C=O) groups excluding carboxylic acids is 1. The summed E-state index contributed by atoms with van der Waals surface area (Å²) in [4.78, 5) is 16.8. The first kappa shape index (κ1) is 20.2. The van der Waals surface area contributed by atoms with Crippen molar-refractivity contribution in [3.8, 4) is 0 Å². The van der Waals surface area contributed by atoms with Crippen LogP contribution in [0.1, 0.15) is 10.6 Å². The van der Waals surface area contributed by atoms with Gasteiger partial charge in [0.1, 0.15) is 0 Å². The van der Waals surface area contributed by atoms with Gasteiger partial charge in [-0.15, -0.1) is 11.3 Å². The van der Waals surface area contributed by atoms with Gasteiger partial charge >= 0.3 is 0 Å². The third-order valence-corrected chi connectivity index (χ3v) is 7.00. The average Bonchev–Trinajstić information content (AvgIpc) is 3.04. The third-order valence-electron chi connectivity index (χ3n) is 4.16. The maximum Gasteiger partial charge on any atom is 0.242 e. The number of nitrogens with zero attached hydrogens (tertiary/aromatic N) is 2. The molecule has 2 aromatic carbocycles. The van der Waals surface area contributed by atoms with Gasteiger partial charge in [0.25, 0.3) is 0 Å². The van der Waals surface area contributed by atoms with Crippen LogP contribution >= 0.6 is 11.3 Å². The Hall–Kier alpha value is -2.49. The normalized spacial score (nSPS) is 11.7. The van der Waals surface area contributed by atoms with Crippen LogP contribution in [0.3, 0.4) is 0 Å². The Labute approximate surface area is 168 Å². The Bertz CT molecular complexity index is 1110. The first-order valence-corrected chi connectivity index (χ1v) is 10.9. The van der Waals surface area contributed by atoms with Crippen LogP contribution in [0, 0.1) is 6.92 Å². The summed E-state index contributed by atoms with van der Waals surface area (Å²) in [6.07, 6.45) is 0. The van der Waals surface area contributed by atoms with E-state index in [1.54, 1.807) is 35.6 Å². The summed E-state index contributed by atoms with van der Waals surface area (Å²) in [6, 6.07) is 12.4. The molecule has 0 bridgehead atoms. The molecule has 1 heterocycles. The number of hydrogen-bond acceptors (Lipinski definition) is 6. The second-order valence-electron chi connectivity index (χ2n) is 6.44. The third kappa shape index (κ3) is 4.49. The summed E-state index contributed by atoms with van der Waals surface area (Å²) in [5.41, 5.74) is 2.32. The summed E-state index contributed by atoms with van der Waals surface area (Å²) in [5, 5.41) is 6.85. The van der Waals surface area contributed by atoms with E-state index in [-0.39, 0.29) is 23.9 Å². The highest BCUT2D eigenvalue weighted by Crippen LogP contribution is 2.24. The van der Waals surface area contributed by atoms with Crippen molar-refractivity contribution in [3.05, 3.63) is 53.0 Å². The van der Waals surface area contributed by atoms with Crippen molar-refractivity contribution in [1.29, 1.82) is 0 Å². The maximum atomic E-state index is 12.4. The smallest absolute Gasteiger partial charge is 0.242 e. The predicted molar refractivity (Wildman–Crippen MR) is 112 cm³/mol. The fourth-order valence-corrected chi connectivity index (χ4v) is 4.67. The summed E-state index contributed by atoms with van der Waals surface area (Å²) in [5.74, 6) is -0.224. The fourth-order valence-electron chi connectivity index (χ4n) is 2.69. The molecule has 1 amide bonds. The standard InChI is InChI=1S/C19H22N4O3S2/c1-13-22-16-9-8-15(10-17(16)27-13)20-12-19(24)21-11-14-6-4-5-7-18(14)28(25,26)23(2)3/h4-10,20H,11-12H2,1-3H3,(H,21,24). The average molecular weight is 419 g/mol. The number of rotatable bonds is 7. The van der Waals surface area contributed by atoms with E-state index in [9.17, 15) is 13.2 Å². The Morgan fingerprint density at radius 1 is 1.18 bits per heavy atom. The quantitative estimate of drug-likeness (QED) is 0.615. The number of anilines is 1. The molecule has 0 radical (unpaired) electrons. The molecule has 9 heteroatoms. The van der Waals surface area contributed by atoms with Crippen LogP contribution in [-0.2, 0) is 21.4 Å². The lowest BCUT2D eigenvalue weighted by molar-refractivity contribution is -0.119. The molecule has 3 rings (SSSR count). The van der Waals surface area contributed by atoms with Gasteiger partial charge in [-0.05, 0) is 36.8 Å². The zero-order chi connectivity index (χ0) is 20.3. The van der Waals surface area contributed by atoms with Gasteiger partial charge in [-0.25, -0.2) is 17.7 Å². The van der Waals surface area contributed by atoms with E-state index in [0.29, 0.717) is 5.56 Å². The van der Waals surface area contributed by atoms with Gasteiger partial charge in [-0.3, -0.25) is 4.79 Å². The van der Waals surface area contributed by atoms with E-state index in [1.807, 2.05) is 25.1 Å². The number of aryl methyl sites for hydroxylation is 1. The Balaban J connectivity index is 1.61. The van der Waals surface area contributed by atoms with E-state index in [1.165, 1.54) is 14.1 Å². The van der Waals surface area contributed by atoms with Gasteiger partial charge in [-0.1, -0.05) is 18.2 Å². The van der Waals surface area contributed by atoms with Crippen molar-refractivity contribution in [3.63, 3.8) is 0 Å². The largest absolute Gasteiger partial charge is 0.376 e. The van der Waals surface area contributed by atoms with Crippen molar-refractivity contribution in [2.24, 2.45) is 0 Å². The van der Waals surface area contributed by atoms with E-state index in [0.717, 1.165) is 25.2 Å². The summed E-state index contributed by atoms with van der Waals surface area (Å²) >= 11 is 1.60. The lowest BCUT2D eigenvalue weighted by Crippen LogP contribution is -2.30. The molecule has 0 aliphatic rings. The number of benzene rings is 2.